The van der Waals surface area contributed by atoms with Crippen LogP contribution in [0.4, 0.5) is 39.8 Å². The Morgan fingerprint density at radius 3 is 1.65 bits per heavy atom. The Labute approximate surface area is 342 Å². The first-order chi connectivity index (χ1) is 29.5. The van der Waals surface area contributed by atoms with Crippen LogP contribution in [0.5, 0.6) is 0 Å². The fraction of sp³-hybridized carbons (Fsp3) is 0. The molecule has 0 saturated carbocycles. The Balaban J connectivity index is 1.20. The molecule has 1 atom stereocenters. The summed E-state index contributed by atoms with van der Waals surface area (Å²) in [6.07, 6.45) is 0. The lowest BCUT2D eigenvalue weighted by molar-refractivity contribution is 0.592. The molecule has 0 saturated heterocycles. The molecule has 0 bridgehead atoms. The van der Waals surface area contributed by atoms with E-state index in [0.29, 0.717) is 38.3 Å². The topological polar surface area (TPSA) is 78.0 Å². The van der Waals surface area contributed by atoms with E-state index in [0.717, 1.165) is 88.4 Å². The molecule has 0 aliphatic carbocycles. The molecule has 60 heavy (non-hydrogen) atoms. The minimum absolute atomic E-state index is 0.532. The van der Waals surface area contributed by atoms with Gasteiger partial charge in [-0.1, -0.05) is 78.9 Å². The lowest BCUT2D eigenvalue weighted by Gasteiger charge is -2.44. The molecule has 2 aliphatic heterocycles. The van der Waals surface area contributed by atoms with Gasteiger partial charge in [0.05, 0.1) is 46.3 Å². The fourth-order valence-electron chi connectivity index (χ4n) is 9.75. The Bertz CT molecular complexity index is 3850. The third-order valence-corrected chi connectivity index (χ3v) is 15.5. The van der Waals surface area contributed by atoms with Gasteiger partial charge in [-0.25, -0.2) is 4.85 Å². The van der Waals surface area contributed by atoms with E-state index in [2.05, 4.69) is 69.2 Å². The summed E-state index contributed by atoms with van der Waals surface area (Å²) in [5, 5.41) is 19.9. The Hall–Kier alpha value is -8.09. The fourth-order valence-corrected chi connectivity index (χ4v) is 13.1. The van der Waals surface area contributed by atoms with Gasteiger partial charge >= 0.3 is 0 Å². The maximum atomic E-state index is 17.3. The second-order valence-electron chi connectivity index (χ2n) is 15.4. The third-order valence-electron chi connectivity index (χ3n) is 12.4. The van der Waals surface area contributed by atoms with E-state index in [4.69, 9.17) is 15.4 Å². The van der Waals surface area contributed by atoms with E-state index >= 15 is 4.57 Å². The van der Waals surface area contributed by atoms with Crippen LogP contribution in [0.3, 0.4) is 0 Å². The van der Waals surface area contributed by atoms with Crippen molar-refractivity contribution in [1.29, 1.82) is 5.26 Å². The molecule has 8 heteroatoms. The van der Waals surface area contributed by atoms with Gasteiger partial charge in [0.25, 0.3) is 0 Å². The van der Waals surface area contributed by atoms with Gasteiger partial charge < -0.3 is 23.2 Å². The summed E-state index contributed by atoms with van der Waals surface area (Å²) >= 11 is 0. The second kappa shape index (κ2) is 11.7. The van der Waals surface area contributed by atoms with Gasteiger partial charge in [-0.15, -0.1) is 0 Å². The number of nitriles is 1. The largest absolute Gasteiger partial charge is 0.456 e. The predicted molar refractivity (Wildman–Crippen MR) is 243 cm³/mol. The molecule has 0 spiro atoms. The average Bonchev–Trinajstić information content (AvgIpc) is 3.86. The molecule has 4 heterocycles. The molecule has 2 aliphatic rings. The van der Waals surface area contributed by atoms with Crippen molar-refractivity contribution in [1.82, 2.24) is 0 Å². The first-order valence-corrected chi connectivity index (χ1v) is 21.3. The van der Waals surface area contributed by atoms with Gasteiger partial charge in [0.1, 0.15) is 22.3 Å². The molecular formula is C52H27N4O3P. The van der Waals surface area contributed by atoms with Crippen molar-refractivity contribution < 1.29 is 13.4 Å². The number of rotatable bonds is 2. The molecule has 0 N–H and O–H groups in total. The number of furan rings is 2. The van der Waals surface area contributed by atoms with Crippen LogP contribution in [-0.4, -0.2) is 0 Å². The monoisotopic (exact) mass is 786 g/mol. The summed E-state index contributed by atoms with van der Waals surface area (Å²) in [7, 11) is -3.76. The molecular weight excluding hydrogens is 760 g/mol. The minimum Gasteiger partial charge on any atom is -0.456 e. The standard InChI is InChI=1S/C52H27N4O3P/c1-54-33-17-21-35(22-18-33)55-40-11-6-12-41-52(40)60(57,49-28-47-38(25-42(49)55)50-36-9-4-2-7-31(36)15-23-44(50)59-47)48-26-39-46(27-43(48)56(41)34-19-13-30(29-53)14-20-34)58-45-24-16-32-8-3-5-10-37(32)51(39)45/h2-28H. The Kier molecular flexibility index (Phi) is 6.45. The highest BCUT2D eigenvalue weighted by Gasteiger charge is 2.49. The average molecular weight is 787 g/mol. The number of benzene rings is 9. The van der Waals surface area contributed by atoms with Crippen molar-refractivity contribution in [2.45, 2.75) is 0 Å². The predicted octanol–water partition coefficient (Wildman–Crippen LogP) is 13.4. The van der Waals surface area contributed by atoms with Gasteiger partial charge in [-0.3, -0.25) is 0 Å². The van der Waals surface area contributed by atoms with Crippen molar-refractivity contribution in [3.05, 3.63) is 181 Å². The van der Waals surface area contributed by atoms with Crippen molar-refractivity contribution in [2.75, 3.05) is 9.80 Å². The van der Waals surface area contributed by atoms with Crippen LogP contribution in [0.2, 0.25) is 0 Å². The molecule has 0 amide bonds. The number of hydrogen-bond donors (Lipinski definition) is 0. The van der Waals surface area contributed by atoms with Gasteiger partial charge in [0.2, 0.25) is 0 Å². The number of anilines is 6. The maximum absolute atomic E-state index is 17.3. The lowest BCUT2D eigenvalue weighted by atomic mass is 10.0. The maximum Gasteiger partial charge on any atom is 0.187 e. The van der Waals surface area contributed by atoms with E-state index in [9.17, 15) is 5.26 Å². The number of hydrogen-bond acceptors (Lipinski definition) is 6. The van der Waals surface area contributed by atoms with Crippen molar-refractivity contribution in [3.8, 4) is 6.07 Å². The zero-order chi connectivity index (χ0) is 39.9. The van der Waals surface area contributed by atoms with Gasteiger partial charge in [0, 0.05) is 49.6 Å². The van der Waals surface area contributed by atoms with Crippen LogP contribution < -0.4 is 25.7 Å². The van der Waals surface area contributed by atoms with Gasteiger partial charge in [-0.2, -0.15) is 5.26 Å². The van der Waals surface area contributed by atoms with E-state index in [1.807, 2.05) is 115 Å². The molecule has 0 fully saturated rings. The SMILES string of the molecule is [C-]#[N+]c1ccc(N2c3cc4c(cc3P3(=O)c5cc6c(cc5N(c5ccc(C#N)cc5)c5cccc2c53)oc2ccc3ccccc3c26)oc2ccc3ccccc3c24)cc1. The lowest BCUT2D eigenvalue weighted by Crippen LogP contribution is -2.42. The molecule has 2 aromatic heterocycles. The van der Waals surface area contributed by atoms with Crippen LogP contribution in [0.15, 0.2) is 173 Å². The Morgan fingerprint density at radius 2 is 1.05 bits per heavy atom. The van der Waals surface area contributed by atoms with Crippen LogP contribution in [0.1, 0.15) is 5.56 Å². The number of fused-ring (bicyclic) bond motifs is 14. The summed E-state index contributed by atoms with van der Waals surface area (Å²) < 4.78 is 30.7. The summed E-state index contributed by atoms with van der Waals surface area (Å²) in [6, 6.07) is 56.5. The van der Waals surface area contributed by atoms with Crippen molar-refractivity contribution >= 4 is 128 Å². The van der Waals surface area contributed by atoms with Crippen LogP contribution in [-0.2, 0) is 4.57 Å². The van der Waals surface area contributed by atoms with E-state index in [-0.39, 0.29) is 0 Å². The highest BCUT2D eigenvalue weighted by molar-refractivity contribution is 7.86. The molecule has 0 radical (unpaired) electrons. The molecule has 9 aromatic carbocycles. The summed E-state index contributed by atoms with van der Waals surface area (Å²) in [5.74, 6) is 0. The van der Waals surface area contributed by atoms with Gasteiger partial charge in [0.15, 0.2) is 12.8 Å². The smallest absolute Gasteiger partial charge is 0.187 e. The quantitative estimate of drug-likeness (QED) is 0.128. The summed E-state index contributed by atoms with van der Waals surface area (Å²) in [5.41, 5.74) is 8.62. The summed E-state index contributed by atoms with van der Waals surface area (Å²) in [4.78, 5) is 8.01. The van der Waals surface area contributed by atoms with Gasteiger partial charge in [-0.05, 0) is 100 Å². The zero-order valence-corrected chi connectivity index (χ0v) is 32.4. The van der Waals surface area contributed by atoms with Crippen molar-refractivity contribution in [2.24, 2.45) is 0 Å². The molecule has 7 nitrogen and oxygen atoms in total. The van der Waals surface area contributed by atoms with E-state index in [1.54, 1.807) is 0 Å². The molecule has 1 unspecified atom stereocenters. The third kappa shape index (κ3) is 4.23. The minimum atomic E-state index is -3.76. The molecule has 278 valence electrons. The first kappa shape index (κ1) is 32.9. The molecule has 13 rings (SSSR count). The van der Waals surface area contributed by atoms with Crippen LogP contribution in [0.25, 0.3) is 70.3 Å². The second-order valence-corrected chi connectivity index (χ2v) is 18.0. The first-order valence-electron chi connectivity index (χ1n) is 19.6. The van der Waals surface area contributed by atoms with Crippen molar-refractivity contribution in [3.63, 3.8) is 0 Å². The Morgan fingerprint density at radius 1 is 0.517 bits per heavy atom. The van der Waals surface area contributed by atoms with Crippen LogP contribution in [0, 0.1) is 17.9 Å². The molecule has 11 aromatic rings. The highest BCUT2D eigenvalue weighted by atomic mass is 31.2. The summed E-state index contributed by atoms with van der Waals surface area (Å²) in [6.45, 7) is 7.69. The number of nitrogens with zero attached hydrogens (tertiary/aromatic N) is 4. The van der Waals surface area contributed by atoms with E-state index < -0.39 is 7.14 Å². The van der Waals surface area contributed by atoms with E-state index in [1.165, 1.54) is 0 Å². The highest BCUT2D eigenvalue weighted by Crippen LogP contribution is 2.62. The van der Waals surface area contributed by atoms with Crippen LogP contribution >= 0.6 is 7.14 Å². The normalized spacial score (nSPS) is 15.4. The zero-order valence-electron chi connectivity index (χ0n) is 31.5.